The lowest BCUT2D eigenvalue weighted by molar-refractivity contribution is 0.0300. The largest absolute Gasteiger partial charge is 0.391 e. The Balaban J connectivity index is 0.000000807. The molecule has 1 aliphatic carbocycles. The molecular formula is C20H28FN7O3. The van der Waals surface area contributed by atoms with Gasteiger partial charge in [-0.2, -0.15) is 9.61 Å². The van der Waals surface area contributed by atoms with Crippen LogP contribution in [0.3, 0.4) is 0 Å². The van der Waals surface area contributed by atoms with Crippen molar-refractivity contribution in [2.24, 2.45) is 5.73 Å². The predicted molar refractivity (Wildman–Crippen MR) is 118 cm³/mol. The maximum Gasteiger partial charge on any atom is 0.274 e. The van der Waals surface area contributed by atoms with Crippen molar-refractivity contribution in [2.45, 2.75) is 38.8 Å². The summed E-state index contributed by atoms with van der Waals surface area (Å²) >= 11 is 0. The smallest absolute Gasteiger partial charge is 0.274 e. The Morgan fingerprint density at radius 3 is 2.58 bits per heavy atom. The normalized spacial score (nSPS) is 16.8. The van der Waals surface area contributed by atoms with Gasteiger partial charge in [-0.15, -0.1) is 0 Å². The van der Waals surface area contributed by atoms with E-state index in [0.29, 0.717) is 30.9 Å². The van der Waals surface area contributed by atoms with Crippen LogP contribution in [-0.4, -0.2) is 50.5 Å². The topological polar surface area (TPSA) is 140 Å². The second-order valence-corrected chi connectivity index (χ2v) is 6.41. The van der Waals surface area contributed by atoms with Crippen LogP contribution in [0.1, 0.15) is 43.1 Å². The number of rotatable bonds is 5. The van der Waals surface area contributed by atoms with Gasteiger partial charge in [-0.3, -0.25) is 14.0 Å². The molecule has 3 heterocycles. The Kier molecular flexibility index (Phi) is 8.08. The van der Waals surface area contributed by atoms with Gasteiger partial charge < -0.3 is 26.0 Å². The molecule has 2 atom stereocenters. The zero-order chi connectivity index (χ0) is 23.1. The molecule has 2 unspecified atom stereocenters. The molecule has 0 aliphatic heterocycles. The van der Waals surface area contributed by atoms with E-state index in [9.17, 15) is 19.1 Å². The van der Waals surface area contributed by atoms with Crippen molar-refractivity contribution in [2.75, 3.05) is 24.9 Å². The number of carbonyl (C=O) groups is 1. The summed E-state index contributed by atoms with van der Waals surface area (Å²) in [4.78, 5) is 28.7. The Bertz CT molecular complexity index is 1100. The van der Waals surface area contributed by atoms with Crippen LogP contribution in [0.15, 0.2) is 35.4 Å². The lowest BCUT2D eigenvalue weighted by atomic mass is 9.89. The first-order valence-electron chi connectivity index (χ1n) is 9.90. The van der Waals surface area contributed by atoms with Gasteiger partial charge in [-0.25, -0.2) is 4.98 Å². The number of hydrogen-bond donors (Lipinski definition) is 4. The number of halogens is 1. The predicted octanol–water partition coefficient (Wildman–Crippen LogP) is 2.08. The lowest BCUT2D eigenvalue weighted by Gasteiger charge is -2.34. The minimum atomic E-state index is -0.641. The standard InChI is InChI=1S/C17H19N7O3.C2H6.CH3F/c1-19-14-7-13(22-16-9(15(18)26)8-20-24(14)16)21-10-3-2-6-23(17(10)27)11-4-5-12(11)25;2*1-2/h2-3,6-8,11-12,19,25H,4-5H2,1H3,(H2,18,26)(H,21,22);1-2H3;1H3. The molecule has 1 saturated carbocycles. The fraction of sp³-hybridized carbons (Fsp3) is 0.400. The third-order valence-corrected chi connectivity index (χ3v) is 4.79. The Labute approximate surface area is 178 Å². The Hall–Kier alpha value is -3.47. The molecule has 4 rings (SSSR count). The number of fused-ring (bicyclic) bond motifs is 1. The van der Waals surface area contributed by atoms with Gasteiger partial charge >= 0.3 is 0 Å². The Morgan fingerprint density at radius 2 is 2.03 bits per heavy atom. The molecule has 1 aliphatic rings. The SMILES string of the molecule is CC.CF.CNc1cc(Nc2cccn(C3CCC3O)c2=O)nc2c(C(N)=O)cnn12. The molecule has 3 aromatic rings. The van der Waals surface area contributed by atoms with E-state index < -0.39 is 12.0 Å². The highest BCUT2D eigenvalue weighted by Gasteiger charge is 2.31. The fourth-order valence-corrected chi connectivity index (χ4v) is 3.17. The number of aromatic nitrogens is 4. The molecule has 5 N–H and O–H groups in total. The number of alkyl halides is 1. The van der Waals surface area contributed by atoms with E-state index in [0.717, 1.165) is 6.42 Å². The zero-order valence-corrected chi connectivity index (χ0v) is 18.0. The van der Waals surface area contributed by atoms with Gasteiger partial charge in [-0.05, 0) is 25.0 Å². The minimum absolute atomic E-state index is 0.179. The maximum absolute atomic E-state index is 12.8. The third-order valence-electron chi connectivity index (χ3n) is 4.79. The lowest BCUT2D eigenvalue weighted by Crippen LogP contribution is -2.39. The Morgan fingerprint density at radius 1 is 1.32 bits per heavy atom. The highest BCUT2D eigenvalue weighted by Crippen LogP contribution is 2.31. The molecular weight excluding hydrogens is 405 g/mol. The molecule has 0 bridgehead atoms. The summed E-state index contributed by atoms with van der Waals surface area (Å²) in [5.74, 6) is 0.289. The van der Waals surface area contributed by atoms with E-state index in [4.69, 9.17) is 5.73 Å². The van der Waals surface area contributed by atoms with Gasteiger partial charge in [0, 0.05) is 19.3 Å². The number of anilines is 3. The number of amides is 1. The van der Waals surface area contributed by atoms with Gasteiger partial charge in [0.15, 0.2) is 5.65 Å². The molecule has 3 aromatic heterocycles. The van der Waals surface area contributed by atoms with E-state index >= 15 is 0 Å². The van der Waals surface area contributed by atoms with Crippen LogP contribution in [0, 0.1) is 0 Å². The summed E-state index contributed by atoms with van der Waals surface area (Å²) in [5, 5.41) is 19.9. The average Bonchev–Trinajstić information content (AvgIpc) is 3.22. The molecule has 1 fully saturated rings. The number of carbonyl (C=O) groups excluding carboxylic acids is 1. The number of hydrogen-bond acceptors (Lipinski definition) is 7. The molecule has 1 amide bonds. The first kappa shape index (κ1) is 23.8. The zero-order valence-electron chi connectivity index (χ0n) is 18.0. The maximum atomic E-state index is 12.8. The van der Waals surface area contributed by atoms with Crippen molar-refractivity contribution in [1.29, 1.82) is 0 Å². The molecule has 0 aromatic carbocycles. The van der Waals surface area contributed by atoms with E-state index in [2.05, 4.69) is 20.7 Å². The minimum Gasteiger partial charge on any atom is -0.391 e. The van der Waals surface area contributed by atoms with Crippen LogP contribution in [-0.2, 0) is 0 Å². The van der Waals surface area contributed by atoms with Crippen LogP contribution in [0.25, 0.3) is 5.65 Å². The van der Waals surface area contributed by atoms with Gasteiger partial charge in [0.2, 0.25) is 0 Å². The first-order chi connectivity index (χ1) is 15.0. The van der Waals surface area contributed by atoms with Gasteiger partial charge in [0.1, 0.15) is 22.9 Å². The van der Waals surface area contributed by atoms with E-state index in [-0.39, 0.29) is 22.8 Å². The number of aliphatic hydroxyl groups is 1. The van der Waals surface area contributed by atoms with Crippen LogP contribution in [0.5, 0.6) is 0 Å². The highest BCUT2D eigenvalue weighted by molar-refractivity contribution is 5.98. The van der Waals surface area contributed by atoms with Crippen molar-refractivity contribution in [3.05, 3.63) is 46.5 Å². The molecule has 0 spiro atoms. The molecule has 0 radical (unpaired) electrons. The molecule has 31 heavy (non-hydrogen) atoms. The van der Waals surface area contributed by atoms with Gasteiger partial charge in [-0.1, -0.05) is 13.8 Å². The summed E-state index contributed by atoms with van der Waals surface area (Å²) in [6, 6.07) is 4.83. The average molecular weight is 433 g/mol. The number of nitrogens with one attached hydrogen (secondary N) is 2. The summed E-state index contributed by atoms with van der Waals surface area (Å²) in [5.41, 5.74) is 5.90. The number of pyridine rings is 1. The number of primary amides is 1. The van der Waals surface area contributed by atoms with Gasteiger partial charge in [0.05, 0.1) is 25.5 Å². The fourth-order valence-electron chi connectivity index (χ4n) is 3.17. The van der Waals surface area contributed by atoms with Crippen LogP contribution >= 0.6 is 0 Å². The number of nitrogens with zero attached hydrogens (tertiary/aromatic N) is 4. The molecule has 11 heteroatoms. The molecule has 0 saturated heterocycles. The van der Waals surface area contributed by atoms with E-state index in [1.54, 1.807) is 31.4 Å². The molecule has 168 valence electrons. The van der Waals surface area contributed by atoms with Crippen molar-refractivity contribution in [1.82, 2.24) is 19.2 Å². The summed E-state index contributed by atoms with van der Waals surface area (Å²) in [7, 11) is 2.21. The van der Waals surface area contributed by atoms with Crippen LogP contribution < -0.4 is 21.9 Å². The van der Waals surface area contributed by atoms with Crippen molar-refractivity contribution < 1.29 is 14.3 Å². The summed E-state index contributed by atoms with van der Waals surface area (Å²) in [6.07, 6.45) is 3.96. The second-order valence-electron chi connectivity index (χ2n) is 6.41. The second kappa shape index (κ2) is 10.5. The number of nitrogens with two attached hydrogens (primary N) is 1. The van der Waals surface area contributed by atoms with Crippen LogP contribution in [0.2, 0.25) is 0 Å². The van der Waals surface area contributed by atoms with E-state index in [1.807, 2.05) is 13.8 Å². The molecule has 10 nitrogen and oxygen atoms in total. The van der Waals surface area contributed by atoms with E-state index in [1.165, 1.54) is 15.3 Å². The number of aliphatic hydroxyl groups excluding tert-OH is 1. The quantitative estimate of drug-likeness (QED) is 0.483. The highest BCUT2D eigenvalue weighted by atomic mass is 19.1. The third kappa shape index (κ3) is 4.66. The summed E-state index contributed by atoms with van der Waals surface area (Å²) in [6.45, 7) is 4.00. The van der Waals surface area contributed by atoms with Crippen molar-refractivity contribution >= 4 is 28.9 Å². The van der Waals surface area contributed by atoms with Crippen LogP contribution in [0.4, 0.5) is 21.7 Å². The van der Waals surface area contributed by atoms with Gasteiger partial charge in [0.25, 0.3) is 11.5 Å². The monoisotopic (exact) mass is 433 g/mol. The van der Waals surface area contributed by atoms with Crippen molar-refractivity contribution in [3.63, 3.8) is 0 Å². The van der Waals surface area contributed by atoms with Crippen molar-refractivity contribution in [3.8, 4) is 0 Å². The summed E-state index contributed by atoms with van der Waals surface area (Å²) < 4.78 is 12.5. The first-order valence-corrected chi connectivity index (χ1v) is 9.90.